The molecule has 3 atom stereocenters. The average molecular weight is 542 g/mol. The molecule has 1 aromatic rings. The summed E-state index contributed by atoms with van der Waals surface area (Å²) in [5.74, 6) is -1.44. The summed E-state index contributed by atoms with van der Waals surface area (Å²) in [5.41, 5.74) is 0.145. The van der Waals surface area contributed by atoms with Crippen LogP contribution in [0, 0.1) is 11.8 Å². The molecule has 0 bridgehead atoms. The normalized spacial score (nSPS) is 24.1. The number of carbonyl (C=O) groups is 3. The fourth-order valence-corrected chi connectivity index (χ4v) is 5.13. The van der Waals surface area contributed by atoms with Crippen molar-refractivity contribution in [3.05, 3.63) is 23.8 Å². The van der Waals surface area contributed by atoms with Crippen LogP contribution in [-0.2, 0) is 14.3 Å². The van der Waals surface area contributed by atoms with Gasteiger partial charge in [-0.3, -0.25) is 14.4 Å². The number of anilines is 1. The fraction of sp³-hybridized carbons (Fsp3) is 0.667. The first-order valence-corrected chi connectivity index (χ1v) is 13.1. The molecular formula is C27H38F3N3O5. The van der Waals surface area contributed by atoms with Crippen molar-refractivity contribution in [3.8, 4) is 5.75 Å². The van der Waals surface area contributed by atoms with E-state index in [-0.39, 0.29) is 60.0 Å². The zero-order chi connectivity index (χ0) is 28.0. The Kier molecular flexibility index (Phi) is 10.0. The Morgan fingerprint density at radius 3 is 2.45 bits per heavy atom. The van der Waals surface area contributed by atoms with Crippen molar-refractivity contribution in [1.29, 1.82) is 0 Å². The second-order valence-corrected chi connectivity index (χ2v) is 10.5. The third kappa shape index (κ3) is 7.85. The van der Waals surface area contributed by atoms with Crippen LogP contribution in [0.1, 0.15) is 62.7 Å². The highest BCUT2D eigenvalue weighted by Gasteiger charge is 2.34. The number of nitrogens with zero attached hydrogens (tertiary/aromatic N) is 2. The summed E-state index contributed by atoms with van der Waals surface area (Å²) in [6, 6.07) is 3.86. The van der Waals surface area contributed by atoms with Crippen LogP contribution in [0.4, 0.5) is 18.9 Å². The molecule has 3 amide bonds. The third-order valence-corrected chi connectivity index (χ3v) is 7.33. The number of halogens is 3. The summed E-state index contributed by atoms with van der Waals surface area (Å²) in [6.45, 7) is 4.68. The molecule has 3 rings (SSSR count). The molecule has 1 heterocycles. The number of alkyl halides is 3. The van der Waals surface area contributed by atoms with Crippen molar-refractivity contribution in [2.75, 3.05) is 39.2 Å². The number of rotatable bonds is 4. The zero-order valence-electron chi connectivity index (χ0n) is 22.5. The molecular weight excluding hydrogens is 503 g/mol. The third-order valence-electron chi connectivity index (χ3n) is 7.33. The summed E-state index contributed by atoms with van der Waals surface area (Å²) in [4.78, 5) is 42.1. The predicted molar refractivity (Wildman–Crippen MR) is 136 cm³/mol. The van der Waals surface area contributed by atoms with E-state index in [1.54, 1.807) is 14.2 Å². The molecule has 2 aliphatic rings. The minimum absolute atomic E-state index is 0.0216. The van der Waals surface area contributed by atoms with Crippen LogP contribution in [0.15, 0.2) is 18.2 Å². The molecule has 0 spiro atoms. The van der Waals surface area contributed by atoms with Crippen LogP contribution in [0.3, 0.4) is 0 Å². The number of amides is 3. The second kappa shape index (κ2) is 12.8. The number of benzene rings is 1. The van der Waals surface area contributed by atoms with Gasteiger partial charge in [-0.2, -0.15) is 13.2 Å². The monoisotopic (exact) mass is 541 g/mol. The lowest BCUT2D eigenvalue weighted by molar-refractivity contribution is -0.150. The number of fused-ring (bicyclic) bond motifs is 1. The number of methoxy groups -OCH3 is 1. The quantitative estimate of drug-likeness (QED) is 0.607. The van der Waals surface area contributed by atoms with E-state index in [1.165, 1.54) is 23.1 Å². The van der Waals surface area contributed by atoms with E-state index in [4.69, 9.17) is 9.47 Å². The van der Waals surface area contributed by atoms with Gasteiger partial charge in [-0.15, -0.1) is 0 Å². The Bertz CT molecular complexity index is 997. The van der Waals surface area contributed by atoms with E-state index in [0.29, 0.717) is 6.54 Å². The number of hydrogen-bond donors (Lipinski definition) is 1. The van der Waals surface area contributed by atoms with Gasteiger partial charge in [-0.05, 0) is 38.0 Å². The van der Waals surface area contributed by atoms with Crippen LogP contribution >= 0.6 is 0 Å². The van der Waals surface area contributed by atoms with E-state index < -0.39 is 24.4 Å². The summed E-state index contributed by atoms with van der Waals surface area (Å²) < 4.78 is 49.6. The van der Waals surface area contributed by atoms with E-state index in [2.05, 4.69) is 5.32 Å². The molecule has 0 saturated heterocycles. The van der Waals surface area contributed by atoms with Crippen molar-refractivity contribution >= 4 is 23.4 Å². The molecule has 11 heteroatoms. The summed E-state index contributed by atoms with van der Waals surface area (Å²) in [6.07, 6.45) is -1.70. The highest BCUT2D eigenvalue weighted by atomic mass is 19.4. The van der Waals surface area contributed by atoms with Crippen molar-refractivity contribution in [1.82, 2.24) is 9.80 Å². The Balaban J connectivity index is 1.91. The average Bonchev–Trinajstić information content (AvgIpc) is 2.87. The highest BCUT2D eigenvalue weighted by molar-refractivity contribution is 5.99. The number of carbonyl (C=O) groups excluding carboxylic acids is 3. The summed E-state index contributed by atoms with van der Waals surface area (Å²) in [5, 5.41) is 2.20. The number of nitrogens with one attached hydrogen (secondary N) is 1. The molecule has 0 radical (unpaired) electrons. The van der Waals surface area contributed by atoms with Gasteiger partial charge >= 0.3 is 6.18 Å². The van der Waals surface area contributed by atoms with Gasteiger partial charge in [0.25, 0.3) is 5.91 Å². The molecule has 212 valence electrons. The van der Waals surface area contributed by atoms with Gasteiger partial charge in [-0.1, -0.05) is 26.2 Å². The maximum absolute atomic E-state index is 13.6. The predicted octanol–water partition coefficient (Wildman–Crippen LogP) is 4.49. The summed E-state index contributed by atoms with van der Waals surface area (Å²) >= 11 is 0. The van der Waals surface area contributed by atoms with Gasteiger partial charge < -0.3 is 24.6 Å². The van der Waals surface area contributed by atoms with Crippen LogP contribution in [0.25, 0.3) is 0 Å². The first-order chi connectivity index (χ1) is 17.9. The van der Waals surface area contributed by atoms with Crippen molar-refractivity contribution < 1.29 is 37.0 Å². The number of hydrogen-bond acceptors (Lipinski definition) is 5. The molecule has 1 aliphatic carbocycles. The minimum atomic E-state index is -4.65. The van der Waals surface area contributed by atoms with Crippen molar-refractivity contribution in [2.45, 2.75) is 70.7 Å². The molecule has 0 unspecified atom stereocenters. The smallest absolute Gasteiger partial charge is 0.397 e. The molecule has 1 aromatic carbocycles. The van der Waals surface area contributed by atoms with Gasteiger partial charge in [0.2, 0.25) is 11.8 Å². The van der Waals surface area contributed by atoms with Crippen LogP contribution in [0.2, 0.25) is 0 Å². The first-order valence-electron chi connectivity index (χ1n) is 13.1. The first kappa shape index (κ1) is 29.7. The van der Waals surface area contributed by atoms with Crippen LogP contribution < -0.4 is 10.1 Å². The minimum Gasteiger partial charge on any atom is -0.491 e. The lowest BCUT2D eigenvalue weighted by Crippen LogP contribution is -2.50. The van der Waals surface area contributed by atoms with Gasteiger partial charge in [0.1, 0.15) is 18.8 Å². The number of ether oxygens (including phenoxy) is 2. The second-order valence-electron chi connectivity index (χ2n) is 10.5. The topological polar surface area (TPSA) is 88.2 Å². The van der Waals surface area contributed by atoms with Crippen molar-refractivity contribution in [3.63, 3.8) is 0 Å². The van der Waals surface area contributed by atoms with E-state index in [0.717, 1.165) is 32.1 Å². The maximum atomic E-state index is 13.6. The Morgan fingerprint density at radius 2 is 1.82 bits per heavy atom. The SMILES string of the molecule is CO[C@H]1CN(C)C(=O)c2cc(NC(=O)CC(F)(F)F)ccc2OC[C@H](C)N(C(=O)C2CCCCC2)C[C@H]1C. The van der Waals surface area contributed by atoms with E-state index in [1.807, 2.05) is 18.7 Å². The van der Waals surface area contributed by atoms with E-state index >= 15 is 0 Å². The lowest BCUT2D eigenvalue weighted by atomic mass is 9.87. The van der Waals surface area contributed by atoms with Gasteiger partial charge in [0, 0.05) is 44.8 Å². The largest absolute Gasteiger partial charge is 0.491 e. The van der Waals surface area contributed by atoms with Crippen LogP contribution in [0.5, 0.6) is 5.75 Å². The molecule has 0 aromatic heterocycles. The lowest BCUT2D eigenvalue weighted by Gasteiger charge is -2.38. The van der Waals surface area contributed by atoms with Gasteiger partial charge in [0.05, 0.1) is 17.7 Å². The van der Waals surface area contributed by atoms with E-state index in [9.17, 15) is 27.6 Å². The Morgan fingerprint density at radius 1 is 1.13 bits per heavy atom. The zero-order valence-corrected chi connectivity index (χ0v) is 22.5. The van der Waals surface area contributed by atoms with Crippen molar-refractivity contribution in [2.24, 2.45) is 11.8 Å². The van der Waals surface area contributed by atoms with Gasteiger partial charge in [0.15, 0.2) is 0 Å². The molecule has 8 nitrogen and oxygen atoms in total. The molecule has 1 fully saturated rings. The molecule has 1 aliphatic heterocycles. The standard InChI is InChI=1S/C27H38F3N3O5/c1-17-14-33(25(35)19-8-6-5-7-9-19)18(2)16-38-22-11-10-20(31-24(34)13-27(28,29)30)12-21(22)26(36)32(3)15-23(17)37-4/h10-12,17-19,23H,5-9,13-16H2,1-4H3,(H,31,34)/t17-,18+,23+/m1/s1. The fourth-order valence-electron chi connectivity index (χ4n) is 5.13. The molecule has 1 saturated carbocycles. The van der Waals surface area contributed by atoms with Crippen LogP contribution in [-0.4, -0.2) is 79.7 Å². The molecule has 1 N–H and O–H groups in total. The maximum Gasteiger partial charge on any atom is 0.397 e. The van der Waals surface area contributed by atoms with Gasteiger partial charge in [-0.25, -0.2) is 0 Å². The number of likely N-dealkylation sites (N-methyl/N-ethyl adjacent to an activating group) is 1. The highest BCUT2D eigenvalue weighted by Crippen LogP contribution is 2.30. The summed E-state index contributed by atoms with van der Waals surface area (Å²) in [7, 11) is 3.16. The Hall–Kier alpha value is -2.82. The Labute approximate surface area is 221 Å². The molecule has 38 heavy (non-hydrogen) atoms.